The molecule has 1 heterocycles. The van der Waals surface area contributed by atoms with E-state index in [9.17, 15) is 29.1 Å². The van der Waals surface area contributed by atoms with Crippen LogP contribution in [0.3, 0.4) is 0 Å². The quantitative estimate of drug-likeness (QED) is 0.302. The molecule has 12 heteroatoms. The summed E-state index contributed by atoms with van der Waals surface area (Å²) in [6, 6.07) is -1.37. The number of aliphatic carboxylic acids is 1. The molecule has 32 heavy (non-hydrogen) atoms. The van der Waals surface area contributed by atoms with E-state index in [1.807, 2.05) is 0 Å². The molecule has 0 unspecified atom stereocenters. The average molecular weight is 462 g/mol. The lowest BCUT2D eigenvalue weighted by Gasteiger charge is -2.31. The number of carboxylic acids is 1. The number of unbranched alkanes of at least 4 members (excludes halogenated alkanes) is 1. The Labute approximate surface area is 187 Å². The molecular formula is C20H35N3O9. The van der Waals surface area contributed by atoms with Crippen molar-refractivity contribution in [2.45, 2.75) is 90.9 Å². The zero-order valence-corrected chi connectivity index (χ0v) is 19.5. The van der Waals surface area contributed by atoms with E-state index in [0.717, 1.165) is 0 Å². The molecule has 0 radical (unpaired) electrons. The standard InChI is InChI=1S/C16H30N2O6.C4H5NO3/c1-15(2,3)23-13(21)18(14(22)24-16(4,5)6)11(12(19)20)9-7-8-10-17;6-3-1-2-4(7)5(3)8/h11H,7-10,17H2,1-6H3,(H,19,20);8H,1-2H2/t11-;/m0./s1. The first-order valence-electron chi connectivity index (χ1n) is 10.2. The molecule has 4 amide bonds. The molecule has 1 atom stereocenters. The molecule has 1 aliphatic rings. The van der Waals surface area contributed by atoms with E-state index in [1.54, 1.807) is 41.5 Å². The minimum Gasteiger partial charge on any atom is -0.480 e. The molecule has 1 saturated heterocycles. The number of hydrogen-bond acceptors (Lipinski definition) is 9. The average Bonchev–Trinajstić information content (AvgIpc) is 2.89. The van der Waals surface area contributed by atoms with E-state index < -0.39 is 47.2 Å². The van der Waals surface area contributed by atoms with Crippen LogP contribution in [0.15, 0.2) is 0 Å². The maximum absolute atomic E-state index is 12.4. The molecule has 0 spiro atoms. The molecule has 0 aliphatic carbocycles. The second-order valence-corrected chi connectivity index (χ2v) is 9.07. The fraction of sp³-hybridized carbons (Fsp3) is 0.750. The molecule has 184 valence electrons. The molecule has 0 aromatic rings. The van der Waals surface area contributed by atoms with Crippen LogP contribution in [0.25, 0.3) is 0 Å². The number of carboxylic acid groups (broad SMARTS) is 1. The largest absolute Gasteiger partial charge is 0.480 e. The van der Waals surface area contributed by atoms with Crippen LogP contribution in [0.2, 0.25) is 0 Å². The van der Waals surface area contributed by atoms with Gasteiger partial charge in [0, 0.05) is 12.8 Å². The van der Waals surface area contributed by atoms with Gasteiger partial charge in [-0.05, 0) is 67.3 Å². The Hall–Kier alpha value is -2.73. The van der Waals surface area contributed by atoms with Gasteiger partial charge in [-0.1, -0.05) is 0 Å². The van der Waals surface area contributed by atoms with E-state index in [-0.39, 0.29) is 24.3 Å². The van der Waals surface area contributed by atoms with Gasteiger partial charge in [0.2, 0.25) is 0 Å². The van der Waals surface area contributed by atoms with E-state index >= 15 is 0 Å². The van der Waals surface area contributed by atoms with Crippen molar-refractivity contribution in [1.82, 2.24) is 9.96 Å². The molecule has 1 rings (SSSR count). The molecule has 1 fully saturated rings. The maximum Gasteiger partial charge on any atom is 0.420 e. The number of nitrogens with zero attached hydrogens (tertiary/aromatic N) is 2. The molecule has 1 aliphatic heterocycles. The number of nitrogens with two attached hydrogens (primary N) is 1. The number of imide groups is 2. The number of rotatable bonds is 6. The summed E-state index contributed by atoms with van der Waals surface area (Å²) in [4.78, 5) is 57.4. The summed E-state index contributed by atoms with van der Waals surface area (Å²) in [7, 11) is 0. The van der Waals surface area contributed by atoms with E-state index in [1.165, 1.54) is 0 Å². The third-order valence-corrected chi connectivity index (χ3v) is 3.73. The summed E-state index contributed by atoms with van der Waals surface area (Å²) in [5, 5.41) is 18.0. The Balaban J connectivity index is 0.000000995. The zero-order chi connectivity index (χ0) is 25.3. The summed E-state index contributed by atoms with van der Waals surface area (Å²) in [6.45, 7) is 10.2. The summed E-state index contributed by atoms with van der Waals surface area (Å²) in [5.41, 5.74) is 3.65. The van der Waals surface area contributed by atoms with E-state index in [2.05, 4.69) is 0 Å². The van der Waals surface area contributed by atoms with Crippen LogP contribution in [-0.2, 0) is 23.9 Å². The fourth-order valence-electron chi connectivity index (χ4n) is 2.36. The monoisotopic (exact) mass is 461 g/mol. The SMILES string of the molecule is CC(C)(C)OC(=O)N(C(=O)OC(C)(C)C)[C@@H](CCCCN)C(=O)O.O=C1CCC(=O)N1O. The summed E-state index contributed by atoms with van der Waals surface area (Å²) < 4.78 is 10.3. The third kappa shape index (κ3) is 11.0. The van der Waals surface area contributed by atoms with Crippen LogP contribution >= 0.6 is 0 Å². The molecule has 0 aromatic carbocycles. The number of carbonyl (C=O) groups is 5. The number of ether oxygens (including phenoxy) is 2. The van der Waals surface area contributed by atoms with Crippen molar-refractivity contribution < 1.29 is 43.8 Å². The molecule has 0 bridgehead atoms. The molecular weight excluding hydrogens is 426 g/mol. The van der Waals surface area contributed by atoms with Crippen molar-refractivity contribution in [3.63, 3.8) is 0 Å². The zero-order valence-electron chi connectivity index (χ0n) is 19.5. The second kappa shape index (κ2) is 12.3. The number of carbonyl (C=O) groups excluding carboxylic acids is 4. The van der Waals surface area contributed by atoms with Gasteiger partial charge in [0.05, 0.1) is 0 Å². The Morgan fingerprint density at radius 1 is 0.969 bits per heavy atom. The van der Waals surface area contributed by atoms with Crippen LogP contribution in [0.4, 0.5) is 9.59 Å². The smallest absolute Gasteiger partial charge is 0.420 e. The van der Waals surface area contributed by atoms with E-state index in [0.29, 0.717) is 24.3 Å². The minimum atomic E-state index is -1.37. The van der Waals surface area contributed by atoms with Gasteiger partial charge in [-0.2, -0.15) is 9.96 Å². The summed E-state index contributed by atoms with van der Waals surface area (Å²) >= 11 is 0. The predicted molar refractivity (Wildman–Crippen MR) is 112 cm³/mol. The first-order chi connectivity index (χ1) is 14.5. The lowest BCUT2D eigenvalue weighted by molar-refractivity contribution is -0.171. The van der Waals surface area contributed by atoms with Gasteiger partial charge in [0.1, 0.15) is 17.2 Å². The van der Waals surface area contributed by atoms with Gasteiger partial charge >= 0.3 is 18.2 Å². The van der Waals surface area contributed by atoms with Gasteiger partial charge in [-0.25, -0.2) is 14.4 Å². The van der Waals surface area contributed by atoms with Gasteiger partial charge in [-0.15, -0.1) is 0 Å². The highest BCUT2D eigenvalue weighted by atomic mass is 16.6. The lowest BCUT2D eigenvalue weighted by atomic mass is 10.1. The van der Waals surface area contributed by atoms with Crippen LogP contribution < -0.4 is 5.73 Å². The topological polar surface area (TPSA) is 177 Å². The highest BCUT2D eigenvalue weighted by Crippen LogP contribution is 2.19. The Morgan fingerprint density at radius 2 is 1.38 bits per heavy atom. The van der Waals surface area contributed by atoms with Crippen molar-refractivity contribution in [3.05, 3.63) is 0 Å². The van der Waals surface area contributed by atoms with Crippen molar-refractivity contribution in [2.75, 3.05) is 6.54 Å². The Morgan fingerprint density at radius 3 is 1.62 bits per heavy atom. The number of hydrogen-bond donors (Lipinski definition) is 3. The van der Waals surface area contributed by atoms with E-state index in [4.69, 9.17) is 20.4 Å². The van der Waals surface area contributed by atoms with Crippen molar-refractivity contribution in [2.24, 2.45) is 5.73 Å². The molecule has 0 saturated carbocycles. The van der Waals surface area contributed by atoms with Crippen LogP contribution in [0.5, 0.6) is 0 Å². The molecule has 4 N–H and O–H groups in total. The van der Waals surface area contributed by atoms with Gasteiger partial charge in [-0.3, -0.25) is 14.8 Å². The van der Waals surface area contributed by atoms with Gasteiger partial charge in [0.25, 0.3) is 11.8 Å². The van der Waals surface area contributed by atoms with Crippen LogP contribution in [-0.4, -0.2) is 74.0 Å². The first-order valence-corrected chi connectivity index (χ1v) is 10.2. The molecule has 0 aromatic heterocycles. The van der Waals surface area contributed by atoms with Crippen molar-refractivity contribution in [1.29, 1.82) is 0 Å². The summed E-state index contributed by atoms with van der Waals surface area (Å²) in [5.74, 6) is -2.31. The minimum absolute atomic E-state index is 0.0744. The summed E-state index contributed by atoms with van der Waals surface area (Å²) in [6.07, 6.45) is -0.681. The normalized spacial score (nSPS) is 14.9. The Kier molecular flexibility index (Phi) is 11.3. The van der Waals surface area contributed by atoms with Crippen molar-refractivity contribution >= 4 is 30.0 Å². The highest BCUT2D eigenvalue weighted by molar-refractivity contribution is 6.00. The predicted octanol–water partition coefficient (Wildman–Crippen LogP) is 2.27. The van der Waals surface area contributed by atoms with Gasteiger partial charge in [0.15, 0.2) is 0 Å². The first kappa shape index (κ1) is 29.3. The highest BCUT2D eigenvalue weighted by Gasteiger charge is 2.40. The maximum atomic E-state index is 12.4. The fourth-order valence-corrected chi connectivity index (χ4v) is 2.36. The lowest BCUT2D eigenvalue weighted by Crippen LogP contribution is -2.52. The van der Waals surface area contributed by atoms with Crippen molar-refractivity contribution in [3.8, 4) is 0 Å². The van der Waals surface area contributed by atoms with Crippen LogP contribution in [0, 0.1) is 0 Å². The number of amides is 4. The number of hydroxylamine groups is 2. The second-order valence-electron chi connectivity index (χ2n) is 9.07. The van der Waals surface area contributed by atoms with Crippen LogP contribution in [0.1, 0.15) is 73.6 Å². The molecule has 12 nitrogen and oxygen atoms in total. The third-order valence-electron chi connectivity index (χ3n) is 3.73. The Bertz CT molecular complexity index is 651. The van der Waals surface area contributed by atoms with Gasteiger partial charge < -0.3 is 20.3 Å².